The third kappa shape index (κ3) is 8.21. The van der Waals surface area contributed by atoms with Gasteiger partial charge in [-0.05, 0) is 66.4 Å². The lowest BCUT2D eigenvalue weighted by Crippen LogP contribution is -2.59. The van der Waals surface area contributed by atoms with E-state index in [2.05, 4.69) is 24.5 Å². The monoisotopic (exact) mass is 698 g/mol. The van der Waals surface area contributed by atoms with Crippen LogP contribution in [0.4, 0.5) is 4.79 Å². The first kappa shape index (κ1) is 37.0. The molecule has 4 amide bonds. The van der Waals surface area contributed by atoms with Gasteiger partial charge in [-0.15, -0.1) is 0 Å². The molecule has 4 fully saturated rings. The SMILES string of the molecule is CC(C)[C@@H](CS(=O)(=O)c1ccccc1)NC(=O)N[C@H](C(=O)N1C[C@H]2[C@@H]([C@H]1C(=O)CC(CC1CCC1)C(=O)C(N)=O)C2(C)C)C1CCCCC1. The van der Waals surface area contributed by atoms with Crippen molar-refractivity contribution in [3.63, 3.8) is 0 Å². The number of benzene rings is 1. The second kappa shape index (κ2) is 14.9. The highest BCUT2D eigenvalue weighted by atomic mass is 32.2. The van der Waals surface area contributed by atoms with Crippen molar-refractivity contribution in [3.8, 4) is 0 Å². The fraction of sp³-hybridized carbons (Fsp3) is 0.703. The molecule has 1 heterocycles. The molecule has 1 saturated heterocycles. The van der Waals surface area contributed by atoms with Crippen molar-refractivity contribution in [2.45, 2.75) is 115 Å². The van der Waals surface area contributed by atoms with Crippen LogP contribution >= 0.6 is 0 Å². The van der Waals surface area contributed by atoms with Gasteiger partial charge in [0.05, 0.1) is 16.7 Å². The number of fused-ring (bicyclic) bond motifs is 1. The van der Waals surface area contributed by atoms with E-state index in [1.54, 1.807) is 23.1 Å². The molecule has 0 aromatic heterocycles. The standard InChI is InChI=1S/C37H54N4O7S/c1-22(2)28(21-49(47,48)26-16-9-6-10-17-26)39-36(46)40-31(24-14-7-5-8-15-24)35(45)41-20-27-30(37(27,3)4)32(41)29(42)19-25(33(43)34(38)44)18-23-12-11-13-23/h6,9-10,16-17,22-25,27-28,30-32H,5,7-8,11-15,18-21H2,1-4H3,(H2,38,44)(H2,39,40,46)/t25?,27-,28+,30-,31-,32+/m0/s1. The van der Waals surface area contributed by atoms with E-state index in [0.717, 1.165) is 51.4 Å². The molecule has 5 rings (SSSR count). The number of piperidine rings is 1. The minimum atomic E-state index is -3.69. The number of urea groups is 1. The van der Waals surface area contributed by atoms with Gasteiger partial charge in [-0.1, -0.05) is 84.4 Å². The third-order valence-electron chi connectivity index (χ3n) is 12.0. The largest absolute Gasteiger partial charge is 0.363 e. The summed E-state index contributed by atoms with van der Waals surface area (Å²) in [6.07, 6.45) is 7.63. The Balaban J connectivity index is 1.34. The van der Waals surface area contributed by atoms with Gasteiger partial charge in [0.25, 0.3) is 5.91 Å². The van der Waals surface area contributed by atoms with Crippen molar-refractivity contribution in [1.29, 1.82) is 0 Å². The van der Waals surface area contributed by atoms with Gasteiger partial charge in [-0.3, -0.25) is 19.2 Å². The lowest BCUT2D eigenvalue weighted by molar-refractivity contribution is -0.144. The van der Waals surface area contributed by atoms with Crippen LogP contribution in [0.5, 0.6) is 0 Å². The van der Waals surface area contributed by atoms with Gasteiger partial charge in [0.15, 0.2) is 15.6 Å². The number of sulfone groups is 1. The average Bonchev–Trinajstić information content (AvgIpc) is 3.35. The number of hydrogen-bond donors (Lipinski definition) is 3. The van der Waals surface area contributed by atoms with E-state index in [9.17, 15) is 32.4 Å². The van der Waals surface area contributed by atoms with E-state index in [4.69, 9.17) is 5.73 Å². The number of Topliss-reactive ketones (excluding diaryl/α,β-unsaturated/α-hetero) is 2. The highest BCUT2D eigenvalue weighted by molar-refractivity contribution is 7.91. The van der Waals surface area contributed by atoms with Crippen molar-refractivity contribution in [2.75, 3.05) is 12.3 Å². The number of ketones is 2. The molecule has 11 nitrogen and oxygen atoms in total. The number of carbonyl (C=O) groups is 5. The summed E-state index contributed by atoms with van der Waals surface area (Å²) >= 11 is 0. The molecule has 12 heteroatoms. The van der Waals surface area contributed by atoms with E-state index >= 15 is 0 Å². The summed E-state index contributed by atoms with van der Waals surface area (Å²) in [5.74, 6) is -3.45. The highest BCUT2D eigenvalue weighted by Crippen LogP contribution is 2.65. The van der Waals surface area contributed by atoms with Crippen LogP contribution < -0.4 is 16.4 Å². The van der Waals surface area contributed by atoms with Gasteiger partial charge in [-0.25, -0.2) is 13.2 Å². The Morgan fingerprint density at radius 3 is 2.16 bits per heavy atom. The number of nitrogens with zero attached hydrogens (tertiary/aromatic N) is 1. The third-order valence-corrected chi connectivity index (χ3v) is 13.8. The first-order chi connectivity index (χ1) is 23.1. The molecule has 0 bridgehead atoms. The molecule has 49 heavy (non-hydrogen) atoms. The maximum absolute atomic E-state index is 14.6. The van der Waals surface area contributed by atoms with Crippen molar-refractivity contribution in [3.05, 3.63) is 30.3 Å². The predicted octanol–water partition coefficient (Wildman–Crippen LogP) is 4.04. The molecule has 1 aromatic carbocycles. The first-order valence-electron chi connectivity index (χ1n) is 18.1. The number of likely N-dealkylation sites (tertiary alicyclic amines) is 1. The summed E-state index contributed by atoms with van der Waals surface area (Å²) < 4.78 is 26.4. The van der Waals surface area contributed by atoms with Gasteiger partial charge in [-0.2, -0.15) is 0 Å². The van der Waals surface area contributed by atoms with E-state index < -0.39 is 51.6 Å². The summed E-state index contributed by atoms with van der Waals surface area (Å²) in [5.41, 5.74) is 5.24. The molecule has 0 spiro atoms. The number of carbonyl (C=O) groups excluding carboxylic acids is 5. The quantitative estimate of drug-likeness (QED) is 0.232. The molecule has 270 valence electrons. The van der Waals surface area contributed by atoms with Crippen LogP contribution in [0, 0.1) is 40.9 Å². The van der Waals surface area contributed by atoms with E-state index in [1.807, 2.05) is 13.8 Å². The van der Waals surface area contributed by atoms with Gasteiger partial charge >= 0.3 is 6.03 Å². The zero-order valence-corrected chi connectivity index (χ0v) is 30.2. The molecular formula is C37H54N4O7S. The van der Waals surface area contributed by atoms with E-state index in [0.29, 0.717) is 13.0 Å². The molecule has 1 aromatic rings. The maximum Gasteiger partial charge on any atom is 0.315 e. The van der Waals surface area contributed by atoms with Gasteiger partial charge < -0.3 is 21.3 Å². The lowest BCUT2D eigenvalue weighted by Gasteiger charge is -2.37. The second-order valence-corrected chi connectivity index (χ2v) is 18.0. The lowest BCUT2D eigenvalue weighted by atomic mass is 9.76. The molecule has 4 N–H and O–H groups in total. The van der Waals surface area contributed by atoms with Crippen molar-refractivity contribution < 1.29 is 32.4 Å². The Labute approximate surface area is 290 Å². The Morgan fingerprint density at radius 2 is 1.59 bits per heavy atom. The van der Waals surface area contributed by atoms with Crippen LogP contribution in [0.2, 0.25) is 0 Å². The molecular weight excluding hydrogens is 644 g/mol. The summed E-state index contributed by atoms with van der Waals surface area (Å²) in [5, 5.41) is 5.79. The fourth-order valence-electron chi connectivity index (χ4n) is 8.60. The number of rotatable bonds is 15. The smallest absolute Gasteiger partial charge is 0.315 e. The zero-order valence-electron chi connectivity index (χ0n) is 29.4. The Kier molecular flexibility index (Phi) is 11.3. The minimum absolute atomic E-state index is 0.0775. The molecule has 3 saturated carbocycles. The van der Waals surface area contributed by atoms with Crippen LogP contribution in [0.3, 0.4) is 0 Å². The normalized spacial score (nSPS) is 25.4. The topological polar surface area (TPSA) is 173 Å². The minimum Gasteiger partial charge on any atom is -0.363 e. The van der Waals surface area contributed by atoms with Gasteiger partial charge in [0, 0.05) is 24.9 Å². The van der Waals surface area contributed by atoms with E-state index in [1.165, 1.54) is 12.1 Å². The predicted molar refractivity (Wildman–Crippen MR) is 185 cm³/mol. The van der Waals surface area contributed by atoms with Crippen LogP contribution in [-0.4, -0.2) is 73.2 Å². The maximum atomic E-state index is 14.6. The van der Waals surface area contributed by atoms with Crippen LogP contribution in [0.25, 0.3) is 0 Å². The zero-order chi connectivity index (χ0) is 35.7. The van der Waals surface area contributed by atoms with Gasteiger partial charge in [0.1, 0.15) is 6.04 Å². The molecule has 1 aliphatic heterocycles. The Hall–Kier alpha value is -3.28. The number of amides is 4. The van der Waals surface area contributed by atoms with Crippen LogP contribution in [0.1, 0.15) is 91.9 Å². The first-order valence-corrected chi connectivity index (χ1v) is 19.8. The number of nitrogens with one attached hydrogen (secondary N) is 2. The summed E-state index contributed by atoms with van der Waals surface area (Å²) in [4.78, 5) is 68.9. The highest BCUT2D eigenvalue weighted by Gasteiger charge is 2.69. The van der Waals surface area contributed by atoms with Crippen LogP contribution in [-0.2, 0) is 29.0 Å². The molecule has 6 atom stereocenters. The molecule has 3 aliphatic carbocycles. The molecule has 1 unspecified atom stereocenters. The number of nitrogens with two attached hydrogens (primary N) is 1. The average molecular weight is 699 g/mol. The summed E-state index contributed by atoms with van der Waals surface area (Å²) in [6.45, 7) is 8.23. The van der Waals surface area contributed by atoms with Crippen molar-refractivity contribution in [1.82, 2.24) is 15.5 Å². The Morgan fingerprint density at radius 1 is 0.939 bits per heavy atom. The van der Waals surface area contributed by atoms with Crippen LogP contribution in [0.15, 0.2) is 35.2 Å². The molecule has 4 aliphatic rings. The number of hydrogen-bond acceptors (Lipinski definition) is 7. The second-order valence-electron chi connectivity index (χ2n) is 16.0. The Bertz CT molecular complexity index is 1520. The number of primary amides is 1. The van der Waals surface area contributed by atoms with Crippen molar-refractivity contribution in [2.24, 2.45) is 46.7 Å². The summed E-state index contributed by atoms with van der Waals surface area (Å²) in [6, 6.07) is 5.13. The van der Waals surface area contributed by atoms with E-state index in [-0.39, 0.29) is 63.8 Å². The molecule has 0 radical (unpaired) electrons. The van der Waals surface area contributed by atoms with Gasteiger partial charge in [0.2, 0.25) is 11.7 Å². The fourth-order valence-corrected chi connectivity index (χ4v) is 10.3. The van der Waals surface area contributed by atoms with Crippen molar-refractivity contribution >= 4 is 39.2 Å². The summed E-state index contributed by atoms with van der Waals surface area (Å²) in [7, 11) is -3.69.